The molecule has 0 bridgehead atoms. The predicted molar refractivity (Wildman–Crippen MR) is 158 cm³/mol. The number of piperidine rings is 1. The van der Waals surface area contributed by atoms with E-state index in [0.29, 0.717) is 52.9 Å². The van der Waals surface area contributed by atoms with Gasteiger partial charge in [-0.15, -0.1) is 0 Å². The number of ether oxygens (including phenoxy) is 4. The molecule has 1 unspecified atom stereocenters. The number of carbonyl (C=O) groups excluding carboxylic acids is 4. The summed E-state index contributed by atoms with van der Waals surface area (Å²) in [4.78, 5) is 51.1. The quantitative estimate of drug-likeness (QED) is 0.134. The van der Waals surface area contributed by atoms with E-state index in [0.717, 1.165) is 15.9 Å². The first kappa shape index (κ1) is 33.5. The second kappa shape index (κ2) is 17.2. The lowest BCUT2D eigenvalue weighted by molar-refractivity contribution is -0.136. The zero-order valence-corrected chi connectivity index (χ0v) is 25.3. The van der Waals surface area contributed by atoms with Crippen LogP contribution in [0.5, 0.6) is 0 Å². The van der Waals surface area contributed by atoms with E-state index in [1.807, 2.05) is 31.2 Å². The van der Waals surface area contributed by atoms with Gasteiger partial charge in [0, 0.05) is 29.9 Å². The average molecular weight is 634 g/mol. The van der Waals surface area contributed by atoms with Crippen LogP contribution in [0.2, 0.25) is 0 Å². The Morgan fingerprint density at radius 2 is 1.41 bits per heavy atom. The SMILES string of the molecule is Cc1ccc(SOCCOCCOCCOCCOCCNc2cc3c(cc2F)C(=O)N(C2CCC(=O)NC2=O)C3=O)cc1. The summed E-state index contributed by atoms with van der Waals surface area (Å²) in [5.74, 6) is -3.37. The maximum atomic E-state index is 14.7. The molecule has 14 heteroatoms. The van der Waals surface area contributed by atoms with Crippen LogP contribution >= 0.6 is 12.0 Å². The van der Waals surface area contributed by atoms with Gasteiger partial charge < -0.3 is 28.4 Å². The van der Waals surface area contributed by atoms with Crippen LogP contribution in [0.25, 0.3) is 0 Å². The number of benzene rings is 2. The Labute approximate surface area is 259 Å². The van der Waals surface area contributed by atoms with Gasteiger partial charge >= 0.3 is 0 Å². The number of hydrogen-bond donors (Lipinski definition) is 2. The van der Waals surface area contributed by atoms with Crippen LogP contribution in [0.15, 0.2) is 41.3 Å². The molecule has 0 radical (unpaired) electrons. The summed E-state index contributed by atoms with van der Waals surface area (Å²) in [5.41, 5.74) is 1.11. The number of aryl methyl sites for hydroxylation is 1. The monoisotopic (exact) mass is 633 g/mol. The van der Waals surface area contributed by atoms with E-state index in [9.17, 15) is 23.6 Å². The van der Waals surface area contributed by atoms with Crippen LogP contribution in [0.3, 0.4) is 0 Å². The number of nitrogens with one attached hydrogen (secondary N) is 2. The Kier molecular flexibility index (Phi) is 13.1. The standard InChI is InChI=1S/C30H36FN3O9S/c1-20-2-4-21(5-3-20)44-43-17-16-42-15-14-41-13-12-40-11-10-39-9-8-32-25-19-23-22(18-24(25)31)29(37)34(30(23)38)26-6-7-27(35)33-28(26)36/h2-5,18-19,26,32H,6-17H2,1H3,(H,33,35,36). The summed E-state index contributed by atoms with van der Waals surface area (Å²) in [5, 5.41) is 4.98. The zero-order valence-electron chi connectivity index (χ0n) is 24.4. The highest BCUT2D eigenvalue weighted by atomic mass is 32.2. The minimum absolute atomic E-state index is 0.00547. The van der Waals surface area contributed by atoms with Gasteiger partial charge in [0.15, 0.2) is 0 Å². The molecule has 1 saturated heterocycles. The molecule has 0 aromatic heterocycles. The fraction of sp³-hybridized carbons (Fsp3) is 0.467. The van der Waals surface area contributed by atoms with Crippen LogP contribution in [-0.2, 0) is 32.7 Å². The van der Waals surface area contributed by atoms with E-state index in [4.69, 9.17) is 23.1 Å². The molecule has 0 saturated carbocycles. The molecule has 2 aliphatic heterocycles. The molecule has 2 aromatic carbocycles. The van der Waals surface area contributed by atoms with Crippen molar-refractivity contribution in [3.63, 3.8) is 0 Å². The summed E-state index contributed by atoms with van der Waals surface area (Å²) >= 11 is 1.33. The lowest BCUT2D eigenvalue weighted by Crippen LogP contribution is -2.54. The molecule has 238 valence electrons. The third-order valence-corrected chi connectivity index (χ3v) is 7.44. The highest BCUT2D eigenvalue weighted by Crippen LogP contribution is 2.31. The fourth-order valence-corrected chi connectivity index (χ4v) is 4.98. The third-order valence-electron chi connectivity index (χ3n) is 6.69. The van der Waals surface area contributed by atoms with E-state index < -0.39 is 35.5 Å². The van der Waals surface area contributed by atoms with E-state index in [-0.39, 0.29) is 42.8 Å². The predicted octanol–water partition coefficient (Wildman–Crippen LogP) is 2.74. The molecule has 0 spiro atoms. The third kappa shape index (κ3) is 9.55. The molecular weight excluding hydrogens is 597 g/mol. The highest BCUT2D eigenvalue weighted by molar-refractivity contribution is 7.94. The van der Waals surface area contributed by atoms with Gasteiger partial charge in [0.05, 0.1) is 76.3 Å². The molecule has 44 heavy (non-hydrogen) atoms. The summed E-state index contributed by atoms with van der Waals surface area (Å²) in [6.07, 6.45) is 0.0317. The zero-order chi connectivity index (χ0) is 31.3. The van der Waals surface area contributed by atoms with Crippen LogP contribution in [0.4, 0.5) is 10.1 Å². The number of anilines is 1. The molecule has 0 aliphatic carbocycles. The summed E-state index contributed by atoms with van der Waals surface area (Å²) in [6.45, 7) is 5.90. The number of imide groups is 2. The average Bonchev–Trinajstić information content (AvgIpc) is 3.23. The molecule has 1 atom stereocenters. The second-order valence-corrected chi connectivity index (χ2v) is 10.8. The van der Waals surface area contributed by atoms with Crippen LogP contribution < -0.4 is 10.6 Å². The lowest BCUT2D eigenvalue weighted by Gasteiger charge is -2.27. The van der Waals surface area contributed by atoms with E-state index >= 15 is 0 Å². The Morgan fingerprint density at radius 3 is 2.02 bits per heavy atom. The highest BCUT2D eigenvalue weighted by Gasteiger charge is 2.45. The van der Waals surface area contributed by atoms with Gasteiger partial charge in [-0.05, 0) is 37.6 Å². The molecule has 1 fully saturated rings. The summed E-state index contributed by atoms with van der Waals surface area (Å²) in [6, 6.07) is 9.22. The molecular formula is C30H36FN3O9S. The maximum Gasteiger partial charge on any atom is 0.262 e. The number of fused-ring (bicyclic) bond motifs is 1. The lowest BCUT2D eigenvalue weighted by atomic mass is 10.0. The van der Waals surface area contributed by atoms with Crippen molar-refractivity contribution >= 4 is 41.4 Å². The van der Waals surface area contributed by atoms with Gasteiger partial charge in [0.1, 0.15) is 11.9 Å². The largest absolute Gasteiger partial charge is 0.380 e. The summed E-state index contributed by atoms with van der Waals surface area (Å²) < 4.78 is 42.0. The van der Waals surface area contributed by atoms with Crippen molar-refractivity contribution < 1.29 is 46.7 Å². The number of carbonyl (C=O) groups is 4. The number of hydrogen-bond acceptors (Lipinski definition) is 11. The number of rotatable bonds is 19. The van der Waals surface area contributed by atoms with Gasteiger partial charge in [0.2, 0.25) is 11.8 Å². The van der Waals surface area contributed by atoms with Crippen molar-refractivity contribution in [2.45, 2.75) is 30.7 Å². The second-order valence-electron chi connectivity index (χ2n) is 9.92. The topological polar surface area (TPSA) is 142 Å². The number of amides is 4. The Bertz CT molecular complexity index is 1310. The Balaban J connectivity index is 1.00. The summed E-state index contributed by atoms with van der Waals surface area (Å²) in [7, 11) is 0. The van der Waals surface area contributed by atoms with E-state index in [2.05, 4.69) is 10.6 Å². The number of nitrogens with zero attached hydrogens (tertiary/aromatic N) is 1. The Morgan fingerprint density at radius 1 is 0.841 bits per heavy atom. The first-order chi connectivity index (χ1) is 21.3. The van der Waals surface area contributed by atoms with Gasteiger partial charge in [-0.3, -0.25) is 29.4 Å². The molecule has 4 amide bonds. The van der Waals surface area contributed by atoms with Crippen LogP contribution in [-0.4, -0.2) is 101 Å². The smallest absolute Gasteiger partial charge is 0.262 e. The molecule has 2 aliphatic rings. The van der Waals surface area contributed by atoms with E-state index in [1.54, 1.807) is 0 Å². The van der Waals surface area contributed by atoms with Gasteiger partial charge in [-0.1, -0.05) is 17.7 Å². The fourth-order valence-electron chi connectivity index (χ4n) is 4.44. The van der Waals surface area contributed by atoms with Crippen LogP contribution in [0.1, 0.15) is 39.1 Å². The van der Waals surface area contributed by atoms with Crippen molar-refractivity contribution in [3.05, 3.63) is 58.9 Å². The molecule has 2 heterocycles. The van der Waals surface area contributed by atoms with Gasteiger partial charge in [0.25, 0.3) is 11.8 Å². The maximum absolute atomic E-state index is 14.7. The van der Waals surface area contributed by atoms with Crippen molar-refractivity contribution in [3.8, 4) is 0 Å². The van der Waals surface area contributed by atoms with Crippen LogP contribution in [0, 0.1) is 12.7 Å². The molecule has 4 rings (SSSR count). The molecule has 12 nitrogen and oxygen atoms in total. The Hall–Kier alpha value is -3.40. The van der Waals surface area contributed by atoms with Gasteiger partial charge in [-0.2, -0.15) is 0 Å². The molecule has 2 N–H and O–H groups in total. The normalized spacial score (nSPS) is 16.4. The molecule has 2 aromatic rings. The van der Waals surface area contributed by atoms with Crippen molar-refractivity contribution in [1.29, 1.82) is 0 Å². The van der Waals surface area contributed by atoms with Crippen molar-refractivity contribution in [2.24, 2.45) is 0 Å². The number of halogens is 1. The van der Waals surface area contributed by atoms with Crippen molar-refractivity contribution in [1.82, 2.24) is 10.2 Å². The van der Waals surface area contributed by atoms with E-state index in [1.165, 1.54) is 23.7 Å². The minimum Gasteiger partial charge on any atom is -0.380 e. The van der Waals surface area contributed by atoms with Crippen molar-refractivity contribution in [2.75, 3.05) is 71.3 Å². The first-order valence-electron chi connectivity index (χ1n) is 14.3. The van der Waals surface area contributed by atoms with Gasteiger partial charge in [-0.25, -0.2) is 4.39 Å². The minimum atomic E-state index is -1.11. The first-order valence-corrected chi connectivity index (χ1v) is 15.1.